The molecule has 0 aliphatic carbocycles. The van der Waals surface area contributed by atoms with Gasteiger partial charge in [0, 0.05) is 31.5 Å². The van der Waals surface area contributed by atoms with Gasteiger partial charge in [0.2, 0.25) is 0 Å². The predicted octanol–water partition coefficient (Wildman–Crippen LogP) is 1.13. The number of piperidine rings is 1. The molecule has 1 aromatic heterocycles. The lowest BCUT2D eigenvalue weighted by molar-refractivity contribution is 0.0901. The van der Waals surface area contributed by atoms with Gasteiger partial charge in [0.15, 0.2) is 0 Å². The van der Waals surface area contributed by atoms with Gasteiger partial charge in [-0.1, -0.05) is 6.42 Å². The van der Waals surface area contributed by atoms with Crippen LogP contribution in [0.1, 0.15) is 25.7 Å². The first-order valence-electron chi connectivity index (χ1n) is 6.75. The number of rotatable bonds is 6. The zero-order valence-electron chi connectivity index (χ0n) is 10.8. The van der Waals surface area contributed by atoms with Gasteiger partial charge < -0.3 is 10.4 Å². The maximum Gasteiger partial charge on any atom is 0.144 e. The molecule has 5 heteroatoms. The van der Waals surface area contributed by atoms with Crippen molar-refractivity contribution in [3.05, 3.63) is 18.6 Å². The van der Waals surface area contributed by atoms with Gasteiger partial charge in [-0.3, -0.25) is 9.88 Å². The van der Waals surface area contributed by atoms with Crippen molar-refractivity contribution < 1.29 is 5.11 Å². The summed E-state index contributed by atoms with van der Waals surface area (Å²) < 4.78 is 0. The zero-order valence-corrected chi connectivity index (χ0v) is 10.8. The molecule has 1 unspecified atom stereocenters. The maximum atomic E-state index is 9.32. The van der Waals surface area contributed by atoms with Crippen LogP contribution in [0.25, 0.3) is 0 Å². The maximum absolute atomic E-state index is 9.32. The molecule has 0 aromatic carbocycles. The molecule has 100 valence electrons. The third-order valence-electron chi connectivity index (χ3n) is 3.45. The number of anilines is 1. The van der Waals surface area contributed by atoms with Crippen molar-refractivity contribution in [1.29, 1.82) is 0 Å². The van der Waals surface area contributed by atoms with Gasteiger partial charge in [-0.2, -0.15) is 0 Å². The molecule has 1 aliphatic rings. The standard InChI is InChI=1S/C13H22N4O/c18-11-12-4-1-2-8-17(12)9-3-5-15-13-10-14-6-7-16-13/h6-7,10,12,18H,1-5,8-9,11H2,(H,15,16). The summed E-state index contributed by atoms with van der Waals surface area (Å²) in [5, 5.41) is 12.6. The number of likely N-dealkylation sites (tertiary alicyclic amines) is 1. The van der Waals surface area contributed by atoms with Crippen molar-refractivity contribution in [2.45, 2.75) is 31.7 Å². The Labute approximate surface area is 108 Å². The molecule has 0 radical (unpaired) electrons. The minimum atomic E-state index is 0.289. The highest BCUT2D eigenvalue weighted by Gasteiger charge is 2.20. The van der Waals surface area contributed by atoms with Gasteiger partial charge in [-0.05, 0) is 25.8 Å². The van der Waals surface area contributed by atoms with E-state index in [4.69, 9.17) is 0 Å². The van der Waals surface area contributed by atoms with E-state index in [0.29, 0.717) is 6.04 Å². The first-order chi connectivity index (χ1) is 8.90. The Morgan fingerprint density at radius 2 is 2.33 bits per heavy atom. The molecule has 2 heterocycles. The van der Waals surface area contributed by atoms with Gasteiger partial charge in [0.1, 0.15) is 5.82 Å². The molecular formula is C13H22N4O. The Morgan fingerprint density at radius 3 is 3.11 bits per heavy atom. The molecule has 2 rings (SSSR count). The summed E-state index contributed by atoms with van der Waals surface area (Å²) in [6, 6.07) is 0.371. The number of nitrogens with zero attached hydrogens (tertiary/aromatic N) is 3. The molecule has 0 amide bonds. The van der Waals surface area contributed by atoms with Crippen LogP contribution >= 0.6 is 0 Å². The molecule has 5 nitrogen and oxygen atoms in total. The molecular weight excluding hydrogens is 228 g/mol. The Bertz CT molecular complexity index is 333. The van der Waals surface area contributed by atoms with Gasteiger partial charge >= 0.3 is 0 Å². The average Bonchev–Trinajstić information content (AvgIpc) is 2.45. The Kier molecular flexibility index (Phi) is 5.36. The molecule has 1 saturated heterocycles. The molecule has 0 bridgehead atoms. The van der Waals surface area contributed by atoms with Crippen LogP contribution in [-0.4, -0.2) is 52.3 Å². The van der Waals surface area contributed by atoms with Crippen LogP contribution in [-0.2, 0) is 0 Å². The van der Waals surface area contributed by atoms with E-state index in [0.717, 1.165) is 38.3 Å². The predicted molar refractivity (Wildman–Crippen MR) is 71.4 cm³/mol. The third kappa shape index (κ3) is 3.92. The molecule has 1 fully saturated rings. The summed E-state index contributed by atoms with van der Waals surface area (Å²) in [7, 11) is 0. The van der Waals surface area contributed by atoms with Crippen LogP contribution < -0.4 is 5.32 Å². The Balaban J connectivity index is 1.65. The lowest BCUT2D eigenvalue weighted by Crippen LogP contribution is -2.42. The van der Waals surface area contributed by atoms with Gasteiger partial charge in [-0.25, -0.2) is 4.98 Å². The SMILES string of the molecule is OCC1CCCCN1CCCNc1cnccn1. The topological polar surface area (TPSA) is 61.3 Å². The van der Waals surface area contributed by atoms with Gasteiger partial charge in [0.25, 0.3) is 0 Å². The second kappa shape index (κ2) is 7.28. The number of hydrogen-bond donors (Lipinski definition) is 2. The van der Waals surface area contributed by atoms with Crippen LogP contribution in [0.4, 0.5) is 5.82 Å². The number of aliphatic hydroxyl groups is 1. The van der Waals surface area contributed by atoms with Crippen molar-refractivity contribution in [2.75, 3.05) is 31.6 Å². The summed E-state index contributed by atoms with van der Waals surface area (Å²) in [6.07, 6.45) is 9.80. The quantitative estimate of drug-likeness (QED) is 0.741. The van der Waals surface area contributed by atoms with Crippen molar-refractivity contribution in [1.82, 2.24) is 14.9 Å². The van der Waals surface area contributed by atoms with Crippen LogP contribution in [0.5, 0.6) is 0 Å². The molecule has 0 spiro atoms. The van der Waals surface area contributed by atoms with E-state index in [1.807, 2.05) is 0 Å². The molecule has 18 heavy (non-hydrogen) atoms. The summed E-state index contributed by atoms with van der Waals surface area (Å²) in [6.45, 7) is 3.35. The van der Waals surface area contributed by atoms with E-state index in [1.165, 1.54) is 12.8 Å². The Hall–Kier alpha value is -1.20. The van der Waals surface area contributed by atoms with E-state index in [-0.39, 0.29) is 6.61 Å². The van der Waals surface area contributed by atoms with E-state index in [2.05, 4.69) is 20.2 Å². The van der Waals surface area contributed by atoms with E-state index in [1.54, 1.807) is 18.6 Å². The monoisotopic (exact) mass is 250 g/mol. The number of nitrogens with one attached hydrogen (secondary N) is 1. The van der Waals surface area contributed by atoms with Crippen molar-refractivity contribution >= 4 is 5.82 Å². The lowest BCUT2D eigenvalue weighted by atomic mass is 10.0. The number of aliphatic hydroxyl groups excluding tert-OH is 1. The van der Waals surface area contributed by atoms with Crippen molar-refractivity contribution in [3.63, 3.8) is 0 Å². The summed E-state index contributed by atoms with van der Waals surface area (Å²) >= 11 is 0. The highest BCUT2D eigenvalue weighted by Crippen LogP contribution is 2.16. The fraction of sp³-hybridized carbons (Fsp3) is 0.692. The highest BCUT2D eigenvalue weighted by molar-refractivity contribution is 5.29. The molecule has 1 aromatic rings. The minimum Gasteiger partial charge on any atom is -0.395 e. The second-order valence-electron chi connectivity index (χ2n) is 4.74. The minimum absolute atomic E-state index is 0.289. The largest absolute Gasteiger partial charge is 0.395 e. The fourth-order valence-corrected chi connectivity index (χ4v) is 2.45. The molecule has 0 saturated carbocycles. The van der Waals surface area contributed by atoms with Crippen molar-refractivity contribution in [3.8, 4) is 0 Å². The lowest BCUT2D eigenvalue weighted by Gasteiger charge is -2.34. The first-order valence-corrected chi connectivity index (χ1v) is 6.75. The number of aromatic nitrogens is 2. The van der Waals surface area contributed by atoms with Crippen LogP contribution in [0, 0.1) is 0 Å². The van der Waals surface area contributed by atoms with E-state index >= 15 is 0 Å². The normalized spacial score (nSPS) is 20.8. The van der Waals surface area contributed by atoms with Gasteiger partial charge in [0.05, 0.1) is 12.8 Å². The second-order valence-corrected chi connectivity index (χ2v) is 4.74. The molecule has 1 aliphatic heterocycles. The smallest absolute Gasteiger partial charge is 0.144 e. The Morgan fingerprint density at radius 1 is 1.39 bits per heavy atom. The summed E-state index contributed by atoms with van der Waals surface area (Å²) in [5.41, 5.74) is 0. The number of hydrogen-bond acceptors (Lipinski definition) is 5. The van der Waals surface area contributed by atoms with Crippen molar-refractivity contribution in [2.24, 2.45) is 0 Å². The fourth-order valence-electron chi connectivity index (χ4n) is 2.45. The third-order valence-corrected chi connectivity index (χ3v) is 3.45. The average molecular weight is 250 g/mol. The molecule has 2 N–H and O–H groups in total. The summed E-state index contributed by atoms with van der Waals surface area (Å²) in [4.78, 5) is 10.6. The first kappa shape index (κ1) is 13.2. The van der Waals surface area contributed by atoms with E-state index in [9.17, 15) is 5.11 Å². The zero-order chi connectivity index (χ0) is 12.6. The van der Waals surface area contributed by atoms with Crippen LogP contribution in [0.15, 0.2) is 18.6 Å². The summed E-state index contributed by atoms with van der Waals surface area (Å²) in [5.74, 6) is 0.829. The van der Waals surface area contributed by atoms with E-state index < -0.39 is 0 Å². The van der Waals surface area contributed by atoms with Crippen LogP contribution in [0.3, 0.4) is 0 Å². The van der Waals surface area contributed by atoms with Gasteiger partial charge in [-0.15, -0.1) is 0 Å². The van der Waals surface area contributed by atoms with Crippen LogP contribution in [0.2, 0.25) is 0 Å². The highest BCUT2D eigenvalue weighted by atomic mass is 16.3. The molecule has 1 atom stereocenters.